The van der Waals surface area contributed by atoms with Crippen LogP contribution in [0.25, 0.3) is 6.08 Å². The van der Waals surface area contributed by atoms with Gasteiger partial charge < -0.3 is 0 Å². The van der Waals surface area contributed by atoms with E-state index in [4.69, 9.17) is 11.6 Å². The van der Waals surface area contributed by atoms with Gasteiger partial charge in [-0.15, -0.1) is 11.6 Å². The summed E-state index contributed by atoms with van der Waals surface area (Å²) < 4.78 is 0. The van der Waals surface area contributed by atoms with E-state index < -0.39 is 0 Å². The summed E-state index contributed by atoms with van der Waals surface area (Å²) in [5.74, 6) is 1.14. The zero-order chi connectivity index (χ0) is 10.8. The first-order valence-corrected chi connectivity index (χ1v) is 6.04. The Balaban J connectivity index is 2.63. The lowest BCUT2D eigenvalue weighted by Crippen LogP contribution is -2.08. The van der Waals surface area contributed by atoms with E-state index >= 15 is 0 Å². The lowest BCUT2D eigenvalue weighted by Gasteiger charge is -2.22. The third-order valence-corrected chi connectivity index (χ3v) is 3.36. The smallest absolute Gasteiger partial charge is 0.0492 e. The van der Waals surface area contributed by atoms with E-state index in [0.29, 0.717) is 11.8 Å². The first-order chi connectivity index (χ1) is 7.27. The number of aromatic nitrogens is 1. The van der Waals surface area contributed by atoms with E-state index in [1.807, 2.05) is 6.20 Å². The van der Waals surface area contributed by atoms with Gasteiger partial charge in [-0.25, -0.2) is 0 Å². The summed E-state index contributed by atoms with van der Waals surface area (Å²) in [7, 11) is 0. The minimum Gasteiger partial charge on any atom is -0.260 e. The van der Waals surface area contributed by atoms with Crippen LogP contribution in [0.4, 0.5) is 0 Å². The third-order valence-electron chi connectivity index (χ3n) is 3.07. The SMILES string of the molecule is CCc1ncc(CCl)c2c1C=CCC2C. The van der Waals surface area contributed by atoms with Gasteiger partial charge in [0.25, 0.3) is 0 Å². The molecule has 1 heterocycles. The Hall–Kier alpha value is -0.820. The number of fused-ring (bicyclic) bond motifs is 1. The molecule has 1 nitrogen and oxygen atoms in total. The molecule has 0 N–H and O–H groups in total. The van der Waals surface area contributed by atoms with Crippen molar-refractivity contribution in [2.24, 2.45) is 0 Å². The molecule has 0 aliphatic heterocycles. The first kappa shape index (κ1) is 10.7. The molecule has 0 bridgehead atoms. The number of aryl methyl sites for hydroxylation is 1. The van der Waals surface area contributed by atoms with Crippen molar-refractivity contribution < 1.29 is 0 Å². The number of allylic oxidation sites excluding steroid dienone is 1. The van der Waals surface area contributed by atoms with Gasteiger partial charge in [-0.05, 0) is 35.4 Å². The average molecular weight is 222 g/mol. The lowest BCUT2D eigenvalue weighted by molar-refractivity contribution is 0.754. The molecule has 1 aromatic heterocycles. The van der Waals surface area contributed by atoms with E-state index in [9.17, 15) is 0 Å². The largest absolute Gasteiger partial charge is 0.260 e. The number of hydrogen-bond acceptors (Lipinski definition) is 1. The maximum Gasteiger partial charge on any atom is 0.0492 e. The summed E-state index contributed by atoms with van der Waals surface area (Å²) in [6, 6.07) is 0. The van der Waals surface area contributed by atoms with Gasteiger partial charge in [0, 0.05) is 17.8 Å². The standard InChI is InChI=1S/C13H16ClN/c1-3-12-11-6-4-5-9(2)13(11)10(7-14)8-15-12/h4,6,8-9H,3,5,7H2,1-2H3. The average Bonchev–Trinajstić information content (AvgIpc) is 2.28. The highest BCUT2D eigenvalue weighted by Crippen LogP contribution is 2.34. The Kier molecular flexibility index (Phi) is 3.11. The second-order valence-electron chi connectivity index (χ2n) is 4.08. The molecule has 1 aliphatic rings. The Labute approximate surface area is 96.2 Å². The van der Waals surface area contributed by atoms with E-state index in [0.717, 1.165) is 12.8 Å². The first-order valence-electron chi connectivity index (χ1n) is 5.51. The van der Waals surface area contributed by atoms with Crippen molar-refractivity contribution in [3.63, 3.8) is 0 Å². The molecule has 15 heavy (non-hydrogen) atoms. The summed E-state index contributed by atoms with van der Waals surface area (Å²) in [4.78, 5) is 4.48. The van der Waals surface area contributed by atoms with Crippen molar-refractivity contribution in [3.05, 3.63) is 34.7 Å². The van der Waals surface area contributed by atoms with Gasteiger partial charge in [0.05, 0.1) is 0 Å². The predicted octanol–water partition coefficient (Wildman–Crippen LogP) is 3.90. The van der Waals surface area contributed by atoms with Crippen LogP contribution in [0, 0.1) is 0 Å². The number of halogens is 1. The minimum absolute atomic E-state index is 0.567. The van der Waals surface area contributed by atoms with Crippen LogP contribution in [0.1, 0.15) is 48.6 Å². The van der Waals surface area contributed by atoms with Gasteiger partial charge >= 0.3 is 0 Å². The highest BCUT2D eigenvalue weighted by molar-refractivity contribution is 6.17. The van der Waals surface area contributed by atoms with E-state index in [2.05, 4.69) is 31.0 Å². The van der Waals surface area contributed by atoms with Gasteiger partial charge in [0.1, 0.15) is 0 Å². The summed E-state index contributed by atoms with van der Waals surface area (Å²) in [5.41, 5.74) is 5.12. The fourth-order valence-electron chi connectivity index (χ4n) is 2.29. The number of pyridine rings is 1. The Morgan fingerprint density at radius 1 is 1.53 bits per heavy atom. The molecule has 0 aromatic carbocycles. The van der Waals surface area contributed by atoms with E-state index in [1.165, 1.54) is 22.4 Å². The zero-order valence-electron chi connectivity index (χ0n) is 9.26. The van der Waals surface area contributed by atoms with Crippen molar-refractivity contribution >= 4 is 17.7 Å². The van der Waals surface area contributed by atoms with Crippen LogP contribution in [-0.4, -0.2) is 4.98 Å². The number of alkyl halides is 1. The van der Waals surface area contributed by atoms with Crippen LogP contribution in [0.2, 0.25) is 0 Å². The highest BCUT2D eigenvalue weighted by Gasteiger charge is 2.19. The van der Waals surface area contributed by atoms with Gasteiger partial charge in [-0.1, -0.05) is 26.0 Å². The second kappa shape index (κ2) is 4.36. The Bertz CT molecular complexity index is 396. The van der Waals surface area contributed by atoms with Gasteiger partial charge in [0.2, 0.25) is 0 Å². The van der Waals surface area contributed by atoms with Crippen molar-refractivity contribution in [2.75, 3.05) is 0 Å². The summed E-state index contributed by atoms with van der Waals surface area (Å²) in [5, 5.41) is 0. The molecule has 0 spiro atoms. The van der Waals surface area contributed by atoms with Gasteiger partial charge in [0.15, 0.2) is 0 Å². The number of nitrogens with zero attached hydrogens (tertiary/aromatic N) is 1. The van der Waals surface area contributed by atoms with Gasteiger partial charge in [-0.3, -0.25) is 4.98 Å². The molecule has 2 heteroatoms. The zero-order valence-corrected chi connectivity index (χ0v) is 10.0. The van der Waals surface area contributed by atoms with Crippen molar-refractivity contribution in [1.82, 2.24) is 4.98 Å². The summed E-state index contributed by atoms with van der Waals surface area (Å²) in [6.07, 6.45) is 8.50. The molecule has 0 fully saturated rings. The van der Waals surface area contributed by atoms with Gasteiger partial charge in [-0.2, -0.15) is 0 Å². The fraction of sp³-hybridized carbons (Fsp3) is 0.462. The molecule has 0 saturated heterocycles. The molecule has 0 saturated carbocycles. The minimum atomic E-state index is 0.567. The number of hydrogen-bond donors (Lipinski definition) is 0. The van der Waals surface area contributed by atoms with Crippen molar-refractivity contribution in [3.8, 4) is 0 Å². The van der Waals surface area contributed by atoms with Crippen LogP contribution in [-0.2, 0) is 12.3 Å². The van der Waals surface area contributed by atoms with Crippen LogP contribution >= 0.6 is 11.6 Å². The maximum absolute atomic E-state index is 5.96. The van der Waals surface area contributed by atoms with E-state index in [1.54, 1.807) is 0 Å². The summed E-state index contributed by atoms with van der Waals surface area (Å²) in [6.45, 7) is 4.41. The monoisotopic (exact) mass is 221 g/mol. The Morgan fingerprint density at radius 3 is 3.00 bits per heavy atom. The molecular weight excluding hydrogens is 206 g/mol. The van der Waals surface area contributed by atoms with Crippen LogP contribution in [0.5, 0.6) is 0 Å². The molecule has 2 rings (SSSR count). The molecule has 0 amide bonds. The van der Waals surface area contributed by atoms with Crippen molar-refractivity contribution in [2.45, 2.75) is 38.5 Å². The summed E-state index contributed by atoms with van der Waals surface area (Å²) >= 11 is 5.96. The second-order valence-corrected chi connectivity index (χ2v) is 4.35. The quantitative estimate of drug-likeness (QED) is 0.691. The normalized spacial score (nSPS) is 19.0. The molecular formula is C13H16ClN. The van der Waals surface area contributed by atoms with Crippen LogP contribution in [0.15, 0.2) is 12.3 Å². The van der Waals surface area contributed by atoms with Crippen molar-refractivity contribution in [1.29, 1.82) is 0 Å². The third kappa shape index (κ3) is 1.81. The lowest BCUT2D eigenvalue weighted by atomic mass is 9.85. The molecule has 1 atom stereocenters. The van der Waals surface area contributed by atoms with Crippen LogP contribution < -0.4 is 0 Å². The van der Waals surface area contributed by atoms with Crippen LogP contribution in [0.3, 0.4) is 0 Å². The topological polar surface area (TPSA) is 12.9 Å². The highest BCUT2D eigenvalue weighted by atomic mass is 35.5. The predicted molar refractivity (Wildman–Crippen MR) is 65.2 cm³/mol. The number of rotatable bonds is 2. The Morgan fingerprint density at radius 2 is 2.33 bits per heavy atom. The van der Waals surface area contributed by atoms with E-state index in [-0.39, 0.29) is 0 Å². The molecule has 0 radical (unpaired) electrons. The fourth-order valence-corrected chi connectivity index (χ4v) is 2.50. The molecule has 1 unspecified atom stereocenters. The molecule has 80 valence electrons. The maximum atomic E-state index is 5.96. The molecule has 1 aromatic rings. The molecule has 1 aliphatic carbocycles.